The molecule has 4 nitrogen and oxygen atoms in total. The first-order valence-electron chi connectivity index (χ1n) is 9.93. The Labute approximate surface area is 151 Å². The van der Waals surface area contributed by atoms with Gasteiger partial charge >= 0.3 is 5.97 Å². The number of rotatable bonds is 7. The molecule has 0 amide bonds. The van der Waals surface area contributed by atoms with Crippen LogP contribution in [0.1, 0.15) is 52.4 Å². The summed E-state index contributed by atoms with van der Waals surface area (Å²) in [7, 11) is 0. The highest BCUT2D eigenvalue weighted by Crippen LogP contribution is 2.48. The van der Waals surface area contributed by atoms with Crippen LogP contribution in [0, 0.1) is 11.3 Å². The molecule has 3 heterocycles. The van der Waals surface area contributed by atoms with Crippen molar-refractivity contribution in [2.24, 2.45) is 11.3 Å². The first-order valence-corrected chi connectivity index (χ1v) is 9.93. The van der Waals surface area contributed by atoms with Gasteiger partial charge in [-0.3, -0.25) is 4.79 Å². The summed E-state index contributed by atoms with van der Waals surface area (Å²) in [5, 5.41) is 10.2. The van der Waals surface area contributed by atoms with Crippen LogP contribution in [0.3, 0.4) is 0 Å². The Balaban J connectivity index is 1.74. The molecule has 1 unspecified atom stereocenters. The number of aliphatic carboxylic acids is 1. The van der Waals surface area contributed by atoms with E-state index in [0.29, 0.717) is 5.92 Å². The summed E-state index contributed by atoms with van der Waals surface area (Å²) in [5.41, 5.74) is 1.32. The quantitative estimate of drug-likeness (QED) is 0.757. The zero-order valence-electron chi connectivity index (χ0n) is 15.7. The third-order valence-corrected chi connectivity index (χ3v) is 6.08. The fourth-order valence-electron chi connectivity index (χ4n) is 4.58. The van der Waals surface area contributed by atoms with E-state index in [1.165, 1.54) is 25.1 Å². The fraction of sp³-hybridized carbons (Fsp3) is 0.667. The van der Waals surface area contributed by atoms with Gasteiger partial charge in [0, 0.05) is 17.9 Å². The summed E-state index contributed by atoms with van der Waals surface area (Å²) in [6.07, 6.45) is 14.6. The largest absolute Gasteiger partial charge is 0.480 e. The summed E-state index contributed by atoms with van der Waals surface area (Å²) < 4.78 is 0. The number of unbranched alkanes of at least 4 members (excludes halogenated alkanes) is 1. The van der Waals surface area contributed by atoms with Crippen molar-refractivity contribution in [3.8, 4) is 0 Å². The van der Waals surface area contributed by atoms with Gasteiger partial charge in [-0.2, -0.15) is 0 Å². The van der Waals surface area contributed by atoms with Crippen molar-refractivity contribution >= 4 is 5.97 Å². The second-order valence-electron chi connectivity index (χ2n) is 7.70. The van der Waals surface area contributed by atoms with Gasteiger partial charge in [0.2, 0.25) is 0 Å². The lowest BCUT2D eigenvalue weighted by atomic mass is 9.74. The molecule has 3 rings (SSSR count). The van der Waals surface area contributed by atoms with Crippen molar-refractivity contribution in [3.05, 3.63) is 35.7 Å². The predicted molar refractivity (Wildman–Crippen MR) is 101 cm³/mol. The van der Waals surface area contributed by atoms with Gasteiger partial charge < -0.3 is 14.9 Å². The van der Waals surface area contributed by atoms with Crippen LogP contribution in [0.15, 0.2) is 35.7 Å². The predicted octanol–water partition coefficient (Wildman–Crippen LogP) is 4.02. The van der Waals surface area contributed by atoms with Gasteiger partial charge in [-0.1, -0.05) is 32.4 Å². The van der Waals surface area contributed by atoms with Crippen LogP contribution in [0.25, 0.3) is 0 Å². The van der Waals surface area contributed by atoms with Gasteiger partial charge in [-0.25, -0.2) is 0 Å². The molecule has 1 saturated heterocycles. The molecule has 0 saturated carbocycles. The molecule has 4 heteroatoms. The molecule has 0 spiro atoms. The smallest absolute Gasteiger partial charge is 0.319 e. The van der Waals surface area contributed by atoms with Gasteiger partial charge in [-0.15, -0.1) is 0 Å². The second-order valence-corrected chi connectivity index (χ2v) is 7.70. The molecule has 0 bridgehead atoms. The molecular weight excluding hydrogens is 312 g/mol. The summed E-state index contributed by atoms with van der Waals surface area (Å²) in [6.45, 7) is 8.58. The van der Waals surface area contributed by atoms with Crippen molar-refractivity contribution in [2.45, 2.75) is 52.4 Å². The van der Waals surface area contributed by atoms with E-state index in [4.69, 9.17) is 0 Å². The van der Waals surface area contributed by atoms with Gasteiger partial charge in [0.25, 0.3) is 0 Å². The van der Waals surface area contributed by atoms with Crippen LogP contribution in [0.5, 0.6) is 0 Å². The zero-order chi connectivity index (χ0) is 17.9. The lowest BCUT2D eigenvalue weighted by Crippen LogP contribution is -2.40. The van der Waals surface area contributed by atoms with Crippen LogP contribution in [0.4, 0.5) is 0 Å². The topological polar surface area (TPSA) is 43.8 Å². The Hall–Kier alpha value is -1.55. The van der Waals surface area contributed by atoms with Crippen LogP contribution in [0.2, 0.25) is 0 Å². The number of carboxylic acids is 1. The molecule has 0 aromatic rings. The number of hydrogen-bond acceptors (Lipinski definition) is 3. The van der Waals surface area contributed by atoms with Gasteiger partial charge in [0.15, 0.2) is 0 Å². The van der Waals surface area contributed by atoms with Crippen molar-refractivity contribution in [2.75, 3.05) is 26.2 Å². The van der Waals surface area contributed by atoms with E-state index < -0.39 is 11.4 Å². The Morgan fingerprint density at radius 3 is 2.72 bits per heavy atom. The number of fused-ring (bicyclic) bond motifs is 1. The number of likely N-dealkylation sites (tertiary alicyclic amines) is 1. The highest BCUT2D eigenvalue weighted by atomic mass is 16.4. The third kappa shape index (κ3) is 3.55. The summed E-state index contributed by atoms with van der Waals surface area (Å²) in [5.74, 6) is -0.189. The number of nitrogens with zero attached hydrogens (tertiary/aromatic N) is 2. The van der Waals surface area contributed by atoms with Gasteiger partial charge in [-0.05, 0) is 69.8 Å². The molecule has 3 aliphatic rings. The Kier molecular flexibility index (Phi) is 5.67. The van der Waals surface area contributed by atoms with Crippen LogP contribution in [-0.4, -0.2) is 47.1 Å². The lowest BCUT2D eigenvalue weighted by Gasteiger charge is -2.37. The molecule has 1 fully saturated rings. The minimum atomic E-state index is -0.827. The minimum absolute atomic E-state index is 0.495. The van der Waals surface area contributed by atoms with E-state index in [2.05, 4.69) is 35.8 Å². The molecule has 1 atom stereocenters. The average Bonchev–Trinajstić information content (AvgIpc) is 2.96. The van der Waals surface area contributed by atoms with Crippen molar-refractivity contribution in [3.63, 3.8) is 0 Å². The van der Waals surface area contributed by atoms with Gasteiger partial charge in [0.1, 0.15) is 5.41 Å². The highest BCUT2D eigenvalue weighted by Gasteiger charge is 2.49. The van der Waals surface area contributed by atoms with Gasteiger partial charge in [0.05, 0.1) is 0 Å². The molecule has 3 aliphatic heterocycles. The Bertz CT molecular complexity index is 585. The monoisotopic (exact) mass is 344 g/mol. The van der Waals surface area contributed by atoms with Crippen molar-refractivity contribution in [1.82, 2.24) is 9.80 Å². The summed E-state index contributed by atoms with van der Waals surface area (Å²) in [6, 6.07) is 0. The van der Waals surface area contributed by atoms with E-state index in [1.54, 1.807) is 0 Å². The molecule has 0 aliphatic carbocycles. The van der Waals surface area contributed by atoms with Crippen molar-refractivity contribution in [1.29, 1.82) is 0 Å². The lowest BCUT2D eigenvalue weighted by molar-refractivity contribution is -0.145. The van der Waals surface area contributed by atoms with E-state index in [0.717, 1.165) is 51.0 Å². The molecule has 0 aromatic heterocycles. The van der Waals surface area contributed by atoms with E-state index in [9.17, 15) is 9.90 Å². The molecule has 138 valence electrons. The number of hydrogen-bond donors (Lipinski definition) is 1. The molecule has 0 aromatic carbocycles. The number of carbonyl (C=O) groups is 1. The Morgan fingerprint density at radius 1 is 1.32 bits per heavy atom. The van der Waals surface area contributed by atoms with Crippen LogP contribution >= 0.6 is 0 Å². The zero-order valence-corrected chi connectivity index (χ0v) is 15.7. The number of carboxylic acid groups (broad SMARTS) is 1. The van der Waals surface area contributed by atoms with E-state index >= 15 is 0 Å². The molecular formula is C21H32N2O2. The maximum atomic E-state index is 12.4. The third-order valence-electron chi connectivity index (χ3n) is 6.08. The van der Waals surface area contributed by atoms with E-state index in [1.807, 2.05) is 12.2 Å². The maximum Gasteiger partial charge on any atom is 0.319 e. The number of allylic oxidation sites excluding steroid dienone is 3. The highest BCUT2D eigenvalue weighted by molar-refractivity contribution is 5.83. The Morgan fingerprint density at radius 2 is 2.08 bits per heavy atom. The SMILES string of the molecule is CCCCN1CCC(CC2(C(=O)O)C=C(CC)N3CC=CC=C32)CC1. The first-order chi connectivity index (χ1) is 12.1. The van der Waals surface area contributed by atoms with Crippen LogP contribution < -0.4 is 0 Å². The minimum Gasteiger partial charge on any atom is -0.480 e. The average molecular weight is 344 g/mol. The summed E-state index contributed by atoms with van der Waals surface area (Å²) in [4.78, 5) is 17.1. The van der Waals surface area contributed by atoms with E-state index in [-0.39, 0.29) is 0 Å². The first kappa shape index (κ1) is 18.2. The van der Waals surface area contributed by atoms with Crippen LogP contribution in [-0.2, 0) is 4.79 Å². The van der Waals surface area contributed by atoms with Crippen molar-refractivity contribution < 1.29 is 9.90 Å². The molecule has 1 N–H and O–H groups in total. The number of piperidine rings is 1. The molecule has 0 radical (unpaired) electrons. The normalized spacial score (nSPS) is 27.2. The maximum absolute atomic E-state index is 12.4. The standard InChI is InChI=1S/C21H32N2O2/c1-3-5-11-22-13-9-17(10-14-22)15-21(20(24)25)16-18(4-2)23-12-7-6-8-19(21)23/h6-8,16-17H,3-5,9-15H2,1-2H3,(H,24,25). The summed E-state index contributed by atoms with van der Waals surface area (Å²) >= 11 is 0. The fourth-order valence-corrected chi connectivity index (χ4v) is 4.58. The second kappa shape index (κ2) is 7.77. The molecule has 25 heavy (non-hydrogen) atoms.